The molecular weight excluding hydrogens is 423 g/mol. The number of aliphatic hydroxyl groups is 1. The van der Waals surface area contributed by atoms with Gasteiger partial charge in [-0.15, -0.1) is 0 Å². The Balaban J connectivity index is 1.68. The van der Waals surface area contributed by atoms with Crippen LogP contribution in [-0.4, -0.2) is 57.5 Å². The van der Waals surface area contributed by atoms with Crippen LogP contribution >= 0.6 is 15.9 Å². The number of amides is 1. The first-order valence-electron chi connectivity index (χ1n) is 7.76. The van der Waals surface area contributed by atoms with Crippen LogP contribution in [0.5, 0.6) is 0 Å². The maximum absolute atomic E-state index is 12.9. The average molecular weight is 436 g/mol. The molecule has 3 saturated heterocycles. The number of rotatable bonds is 2. The highest BCUT2D eigenvalue weighted by atomic mass is 79.9. The quantitative estimate of drug-likeness (QED) is 0.752. The molecule has 11 heteroatoms. The summed E-state index contributed by atoms with van der Waals surface area (Å²) in [5.41, 5.74) is -0.358. The van der Waals surface area contributed by atoms with Crippen molar-refractivity contribution in [1.29, 1.82) is 0 Å². The highest BCUT2D eigenvalue weighted by Gasteiger charge is 2.48. The molecule has 0 spiro atoms. The van der Waals surface area contributed by atoms with Gasteiger partial charge in [0, 0.05) is 18.7 Å². The minimum Gasteiger partial charge on any atom is -0.465 e. The molecule has 0 aliphatic carbocycles. The Morgan fingerprint density at radius 3 is 2.58 bits per heavy atom. The summed E-state index contributed by atoms with van der Waals surface area (Å²) < 4.78 is 44.8. The van der Waals surface area contributed by atoms with Gasteiger partial charge in [0.15, 0.2) is 11.7 Å². The summed E-state index contributed by atoms with van der Waals surface area (Å²) in [5, 5.41) is 18.8. The highest BCUT2D eigenvalue weighted by molar-refractivity contribution is 9.10. The molecule has 3 aliphatic rings. The molecule has 26 heavy (non-hydrogen) atoms. The fourth-order valence-corrected chi connectivity index (χ4v) is 4.00. The second kappa shape index (κ2) is 5.74. The van der Waals surface area contributed by atoms with E-state index in [0.717, 1.165) is 12.5 Å². The fraction of sp³-hybridized carbons (Fsp3) is 0.467. The van der Waals surface area contributed by atoms with Crippen molar-refractivity contribution in [2.75, 3.05) is 18.0 Å². The molecule has 140 valence electrons. The first-order valence-corrected chi connectivity index (χ1v) is 8.56. The second-order valence-corrected chi connectivity index (χ2v) is 7.25. The number of hydrogen-bond acceptors (Lipinski definition) is 5. The minimum absolute atomic E-state index is 0.0754. The van der Waals surface area contributed by atoms with Crippen molar-refractivity contribution in [2.45, 2.75) is 30.8 Å². The summed E-state index contributed by atoms with van der Waals surface area (Å²) in [6.07, 6.45) is -7.74. The number of carboxylic acid groups (broad SMARTS) is 1. The maximum Gasteiger partial charge on any atom is 0.418 e. The third kappa shape index (κ3) is 2.60. The van der Waals surface area contributed by atoms with Gasteiger partial charge in [0.1, 0.15) is 5.52 Å². The van der Waals surface area contributed by atoms with Gasteiger partial charge in [0.2, 0.25) is 0 Å². The third-order valence-corrected chi connectivity index (χ3v) is 5.43. The van der Waals surface area contributed by atoms with E-state index >= 15 is 0 Å². The Kier molecular flexibility index (Phi) is 3.85. The summed E-state index contributed by atoms with van der Waals surface area (Å²) in [6.45, 7) is 0.703. The molecule has 1 amide bonds. The molecule has 3 atom stereocenters. The highest BCUT2D eigenvalue weighted by Crippen LogP contribution is 2.40. The van der Waals surface area contributed by atoms with Crippen molar-refractivity contribution >= 4 is 39.1 Å². The molecule has 3 fully saturated rings. The van der Waals surface area contributed by atoms with Crippen LogP contribution < -0.4 is 4.90 Å². The topological polar surface area (TPSA) is 90.0 Å². The molecule has 2 aromatic rings. The minimum atomic E-state index is -4.82. The number of aromatic nitrogens is 1. The Morgan fingerprint density at radius 1 is 1.35 bits per heavy atom. The van der Waals surface area contributed by atoms with Crippen LogP contribution in [0.1, 0.15) is 18.1 Å². The third-order valence-electron chi connectivity index (χ3n) is 4.80. The molecule has 0 saturated carbocycles. The standard InChI is InChI=1S/C15H13BrF3N3O4/c16-9-2-1-8(12(23)15(17,18)19)10-11(9)26-13(20-10)21-4-6-3-7(5-21)22(6)14(24)25/h1-2,6-7,12,23H,3-5H2,(H,24,25). The predicted octanol–water partition coefficient (Wildman–Crippen LogP) is 3.13. The van der Waals surface area contributed by atoms with Crippen LogP contribution in [0.3, 0.4) is 0 Å². The van der Waals surface area contributed by atoms with E-state index in [1.165, 1.54) is 11.0 Å². The SMILES string of the molecule is O=C(O)N1C2CC1CN(c1nc3c(C(O)C(F)(F)F)ccc(Br)c3o1)C2. The zero-order valence-electron chi connectivity index (χ0n) is 13.1. The summed E-state index contributed by atoms with van der Waals surface area (Å²) in [6, 6.07) is 2.25. The van der Waals surface area contributed by atoms with Crippen molar-refractivity contribution in [3.05, 3.63) is 22.2 Å². The molecular formula is C15H13BrF3N3O4. The predicted molar refractivity (Wildman–Crippen MR) is 87.0 cm³/mol. The van der Waals surface area contributed by atoms with E-state index in [2.05, 4.69) is 20.9 Å². The number of alkyl halides is 3. The summed E-state index contributed by atoms with van der Waals surface area (Å²) in [5.74, 6) is 0. The van der Waals surface area contributed by atoms with E-state index < -0.39 is 18.4 Å². The van der Waals surface area contributed by atoms with Gasteiger partial charge in [-0.2, -0.15) is 18.2 Å². The molecule has 2 bridgehead atoms. The number of aliphatic hydroxyl groups excluding tert-OH is 1. The number of nitrogens with zero attached hydrogens (tertiary/aromatic N) is 3. The lowest BCUT2D eigenvalue weighted by molar-refractivity contribution is -0.206. The zero-order chi connectivity index (χ0) is 18.8. The number of anilines is 1. The van der Waals surface area contributed by atoms with Crippen LogP contribution in [-0.2, 0) is 0 Å². The molecule has 0 radical (unpaired) electrons. The monoisotopic (exact) mass is 435 g/mol. The van der Waals surface area contributed by atoms with Gasteiger partial charge >= 0.3 is 12.3 Å². The van der Waals surface area contributed by atoms with Crippen LogP contribution in [0.25, 0.3) is 11.1 Å². The largest absolute Gasteiger partial charge is 0.465 e. The molecule has 4 heterocycles. The molecule has 5 rings (SSSR count). The number of piperidine rings is 1. The lowest BCUT2D eigenvalue weighted by Crippen LogP contribution is -2.70. The van der Waals surface area contributed by atoms with Crippen molar-refractivity contribution in [3.8, 4) is 0 Å². The Morgan fingerprint density at radius 2 is 2.00 bits per heavy atom. The number of halogens is 4. The Hall–Kier alpha value is -2.01. The number of fused-ring (bicyclic) bond motifs is 3. The van der Waals surface area contributed by atoms with Gasteiger partial charge in [-0.25, -0.2) is 4.79 Å². The summed E-state index contributed by atoms with van der Waals surface area (Å²) in [4.78, 5) is 18.4. The average Bonchev–Trinajstić information content (AvgIpc) is 2.99. The van der Waals surface area contributed by atoms with Crippen molar-refractivity contribution in [3.63, 3.8) is 0 Å². The molecule has 1 aromatic heterocycles. The van der Waals surface area contributed by atoms with Crippen LogP contribution in [0.4, 0.5) is 24.0 Å². The van der Waals surface area contributed by atoms with Gasteiger partial charge in [-0.1, -0.05) is 6.07 Å². The van der Waals surface area contributed by atoms with Crippen LogP contribution in [0.15, 0.2) is 21.0 Å². The Bertz CT molecular complexity index is 875. The molecule has 1 aromatic carbocycles. The number of carbonyl (C=O) groups is 1. The van der Waals surface area contributed by atoms with E-state index in [9.17, 15) is 23.1 Å². The van der Waals surface area contributed by atoms with E-state index in [1.807, 2.05) is 0 Å². The normalized spacial score (nSPS) is 23.9. The van der Waals surface area contributed by atoms with Gasteiger partial charge < -0.3 is 19.5 Å². The van der Waals surface area contributed by atoms with Crippen LogP contribution in [0.2, 0.25) is 0 Å². The number of piperazine rings is 1. The van der Waals surface area contributed by atoms with Gasteiger partial charge in [-0.3, -0.25) is 4.90 Å². The lowest BCUT2D eigenvalue weighted by atomic mass is 9.88. The first kappa shape index (κ1) is 17.4. The molecule has 3 unspecified atom stereocenters. The van der Waals surface area contributed by atoms with E-state index in [1.54, 1.807) is 4.90 Å². The zero-order valence-corrected chi connectivity index (χ0v) is 14.7. The Labute approximate surface area is 153 Å². The van der Waals surface area contributed by atoms with E-state index in [-0.39, 0.29) is 34.8 Å². The number of benzene rings is 1. The van der Waals surface area contributed by atoms with E-state index in [4.69, 9.17) is 9.52 Å². The summed E-state index contributed by atoms with van der Waals surface area (Å²) in [7, 11) is 0. The maximum atomic E-state index is 12.9. The molecule has 3 aliphatic heterocycles. The summed E-state index contributed by atoms with van der Waals surface area (Å²) >= 11 is 3.22. The van der Waals surface area contributed by atoms with Crippen molar-refractivity contribution in [1.82, 2.24) is 9.88 Å². The van der Waals surface area contributed by atoms with Crippen LogP contribution in [0, 0.1) is 0 Å². The fourth-order valence-electron chi connectivity index (χ4n) is 3.59. The second-order valence-electron chi connectivity index (χ2n) is 6.39. The number of hydrogen-bond donors (Lipinski definition) is 2. The number of oxazole rings is 1. The van der Waals surface area contributed by atoms with Crippen molar-refractivity contribution in [2.24, 2.45) is 0 Å². The van der Waals surface area contributed by atoms with E-state index in [0.29, 0.717) is 17.6 Å². The van der Waals surface area contributed by atoms with Crippen molar-refractivity contribution < 1.29 is 32.6 Å². The molecule has 2 N–H and O–H groups in total. The first-order chi connectivity index (χ1) is 12.2. The van der Waals surface area contributed by atoms with Gasteiger partial charge in [0.25, 0.3) is 6.01 Å². The van der Waals surface area contributed by atoms with Gasteiger partial charge in [0.05, 0.1) is 16.6 Å². The molecule has 7 nitrogen and oxygen atoms in total. The smallest absolute Gasteiger partial charge is 0.418 e. The van der Waals surface area contributed by atoms with Gasteiger partial charge in [-0.05, 0) is 28.4 Å². The lowest BCUT2D eigenvalue weighted by Gasteiger charge is -2.54.